The van der Waals surface area contributed by atoms with Crippen LogP contribution < -0.4 is 15.8 Å². The quantitative estimate of drug-likeness (QED) is 0.258. The molecule has 13 heteroatoms. The van der Waals surface area contributed by atoms with Gasteiger partial charge in [0.1, 0.15) is 30.0 Å². The van der Waals surface area contributed by atoms with E-state index in [1.165, 1.54) is 35.1 Å². The van der Waals surface area contributed by atoms with E-state index < -0.39 is 35.0 Å². The second kappa shape index (κ2) is 11.2. The minimum Gasteiger partial charge on any atom is -0.497 e. The number of nitrogens with two attached hydrogens (primary N) is 1. The van der Waals surface area contributed by atoms with Crippen LogP contribution in [0.15, 0.2) is 53.0 Å². The Hall–Kier alpha value is -3.55. The van der Waals surface area contributed by atoms with Crippen LogP contribution in [0.4, 0.5) is 4.79 Å². The largest absolute Gasteiger partial charge is 0.497 e. The fourth-order valence-corrected chi connectivity index (χ4v) is 6.09. The fraction of sp³-hybridized carbons (Fsp3) is 0.333. The topological polar surface area (TPSA) is 146 Å². The predicted molar refractivity (Wildman–Crippen MR) is 134 cm³/mol. The zero-order valence-corrected chi connectivity index (χ0v) is 21.7. The van der Waals surface area contributed by atoms with Crippen LogP contribution in [0.3, 0.4) is 0 Å². The molecule has 196 valence electrons. The molecule has 1 aromatic carbocycles. The van der Waals surface area contributed by atoms with Gasteiger partial charge >= 0.3 is 12.1 Å². The molecular weight excluding hydrogens is 522 g/mol. The molecule has 0 saturated carbocycles. The van der Waals surface area contributed by atoms with Crippen molar-refractivity contribution in [3.63, 3.8) is 0 Å². The molecule has 0 radical (unpaired) electrons. The number of carbonyl (C=O) groups is 4. The van der Waals surface area contributed by atoms with E-state index in [4.69, 9.17) is 24.7 Å². The second-order valence-electron chi connectivity index (χ2n) is 8.07. The highest BCUT2D eigenvalue weighted by Gasteiger charge is 2.66. The summed E-state index contributed by atoms with van der Waals surface area (Å²) < 4.78 is 21.0. The first kappa shape index (κ1) is 26.5. The summed E-state index contributed by atoms with van der Waals surface area (Å²) in [6.07, 6.45) is -0.940. The summed E-state index contributed by atoms with van der Waals surface area (Å²) in [6, 6.07) is 10.6. The molecule has 3 N–H and O–H groups in total. The minimum absolute atomic E-state index is 0.0660. The summed E-state index contributed by atoms with van der Waals surface area (Å²) in [6.45, 7) is -0.361. The number of β-lactam (4-membered cyclic amide) rings is 1. The van der Waals surface area contributed by atoms with E-state index in [0.29, 0.717) is 16.9 Å². The Morgan fingerprint density at radius 1 is 1.14 bits per heavy atom. The van der Waals surface area contributed by atoms with Crippen LogP contribution in [0.1, 0.15) is 10.4 Å². The molecule has 11 nitrogen and oxygen atoms in total. The lowest BCUT2D eigenvalue weighted by Gasteiger charge is -2.55. The Balaban J connectivity index is 1.54. The third-order valence-electron chi connectivity index (χ3n) is 5.78. The van der Waals surface area contributed by atoms with Crippen LogP contribution in [-0.2, 0) is 41.6 Å². The van der Waals surface area contributed by atoms with Crippen LogP contribution in [-0.4, -0.2) is 66.5 Å². The zero-order valence-electron chi connectivity index (χ0n) is 20.1. The number of thioether (sulfide) groups is 1. The number of methoxy groups -OCH3 is 2. The number of hydrogen-bond donors (Lipinski definition) is 2. The average Bonchev–Trinajstić information content (AvgIpc) is 3.41. The molecule has 2 aliphatic rings. The van der Waals surface area contributed by atoms with Crippen molar-refractivity contribution in [2.45, 2.75) is 24.1 Å². The maximum Gasteiger partial charge on any atom is 0.404 e. The number of amides is 3. The average molecular weight is 548 g/mol. The van der Waals surface area contributed by atoms with Crippen molar-refractivity contribution in [3.8, 4) is 5.75 Å². The Labute approximate surface area is 220 Å². The first-order valence-electron chi connectivity index (χ1n) is 11.1. The van der Waals surface area contributed by atoms with Crippen molar-refractivity contribution in [3.05, 3.63) is 63.5 Å². The van der Waals surface area contributed by atoms with Crippen molar-refractivity contribution >= 4 is 47.0 Å². The van der Waals surface area contributed by atoms with Gasteiger partial charge in [-0.15, -0.1) is 23.1 Å². The Morgan fingerprint density at radius 2 is 1.89 bits per heavy atom. The number of carbonyl (C=O) groups excluding carboxylic acids is 4. The summed E-state index contributed by atoms with van der Waals surface area (Å²) in [5.74, 6) is -0.958. The normalized spacial score (nSPS) is 20.5. The number of primary amides is 1. The molecule has 0 spiro atoms. The van der Waals surface area contributed by atoms with E-state index in [2.05, 4.69) is 5.32 Å². The van der Waals surface area contributed by atoms with Crippen LogP contribution >= 0.6 is 23.1 Å². The maximum absolute atomic E-state index is 13.4. The molecule has 1 saturated heterocycles. The SMILES string of the molecule is COc1ccc(COC(=O)C2=C(COC(N)=O)CS[C@H]3N2C(=O)C3(NC(=O)Cc2cccs2)OC)cc1. The van der Waals surface area contributed by atoms with E-state index in [1.807, 2.05) is 17.5 Å². The van der Waals surface area contributed by atoms with Crippen molar-refractivity contribution in [2.24, 2.45) is 5.73 Å². The van der Waals surface area contributed by atoms with Gasteiger partial charge < -0.3 is 30.0 Å². The number of thiophene rings is 1. The van der Waals surface area contributed by atoms with Crippen molar-refractivity contribution in [2.75, 3.05) is 26.6 Å². The standard InChI is InChI=1S/C24H25N3O8S2/c1-32-16-7-5-14(6-8-16)11-34-20(29)19-15(12-35-23(25)31)13-37-22-24(33-2,21(30)27(19)22)26-18(28)10-17-4-3-9-36-17/h3-9,22H,10-13H2,1-2H3,(H2,25,31)(H,26,28)/t22-,24?/m1/s1. The number of esters is 1. The Bertz CT molecular complexity index is 1220. The number of fused-ring (bicyclic) bond motifs is 1. The van der Waals surface area contributed by atoms with Gasteiger partial charge in [-0.2, -0.15) is 0 Å². The zero-order chi connectivity index (χ0) is 26.6. The van der Waals surface area contributed by atoms with Crippen molar-refractivity contribution < 1.29 is 38.1 Å². The molecule has 2 aromatic rings. The van der Waals surface area contributed by atoms with Crippen LogP contribution in [0.2, 0.25) is 0 Å². The lowest BCUT2D eigenvalue weighted by atomic mass is 9.98. The van der Waals surface area contributed by atoms with Crippen LogP contribution in [0, 0.1) is 0 Å². The van der Waals surface area contributed by atoms with Gasteiger partial charge in [-0.25, -0.2) is 9.59 Å². The van der Waals surface area contributed by atoms with Crippen LogP contribution in [0.5, 0.6) is 5.75 Å². The van der Waals surface area contributed by atoms with Crippen molar-refractivity contribution in [1.29, 1.82) is 0 Å². The Kier molecular flexibility index (Phi) is 8.05. The minimum atomic E-state index is -1.66. The van der Waals surface area contributed by atoms with Gasteiger partial charge in [-0.1, -0.05) is 18.2 Å². The number of rotatable bonds is 10. The summed E-state index contributed by atoms with van der Waals surface area (Å²) in [7, 11) is 2.86. The molecule has 1 unspecified atom stereocenters. The highest BCUT2D eigenvalue weighted by atomic mass is 32.2. The summed E-state index contributed by atoms with van der Waals surface area (Å²) in [5.41, 5.74) is 4.43. The highest BCUT2D eigenvalue weighted by Crippen LogP contribution is 2.47. The first-order chi connectivity index (χ1) is 17.8. The molecular formula is C24H25N3O8S2. The number of nitrogens with zero attached hydrogens (tertiary/aromatic N) is 1. The molecule has 37 heavy (non-hydrogen) atoms. The lowest BCUT2D eigenvalue weighted by molar-refractivity contribution is -0.193. The molecule has 0 bridgehead atoms. The molecule has 2 atom stereocenters. The summed E-state index contributed by atoms with van der Waals surface area (Å²) in [5, 5.41) is 3.82. The number of nitrogens with one attached hydrogen (secondary N) is 1. The Morgan fingerprint density at radius 3 is 2.51 bits per heavy atom. The van der Waals surface area contributed by atoms with Crippen molar-refractivity contribution in [1.82, 2.24) is 10.2 Å². The maximum atomic E-state index is 13.4. The number of ether oxygens (including phenoxy) is 4. The number of hydrogen-bond acceptors (Lipinski definition) is 10. The molecule has 2 aliphatic heterocycles. The molecule has 3 amide bonds. The predicted octanol–water partition coefficient (Wildman–Crippen LogP) is 1.77. The van der Waals surface area contributed by atoms with E-state index >= 15 is 0 Å². The van der Waals surface area contributed by atoms with Gasteiger partial charge in [0.25, 0.3) is 11.6 Å². The third kappa shape index (κ3) is 5.43. The van der Waals surface area contributed by atoms with Gasteiger partial charge in [-0.05, 0) is 29.1 Å². The monoisotopic (exact) mass is 547 g/mol. The van der Waals surface area contributed by atoms with Crippen LogP contribution in [0.25, 0.3) is 0 Å². The summed E-state index contributed by atoms with van der Waals surface area (Å²) >= 11 is 2.68. The molecule has 1 fully saturated rings. The van der Waals surface area contributed by atoms with Gasteiger partial charge in [0, 0.05) is 23.3 Å². The van der Waals surface area contributed by atoms with E-state index in [-0.39, 0.29) is 31.1 Å². The number of benzene rings is 1. The second-order valence-corrected chi connectivity index (χ2v) is 10.2. The van der Waals surface area contributed by atoms with E-state index in [1.54, 1.807) is 31.4 Å². The van der Waals surface area contributed by atoms with E-state index in [9.17, 15) is 19.2 Å². The summed E-state index contributed by atoms with van der Waals surface area (Å²) in [4.78, 5) is 52.6. The van der Waals surface area contributed by atoms with Gasteiger partial charge in [0.15, 0.2) is 0 Å². The molecule has 4 rings (SSSR count). The smallest absolute Gasteiger partial charge is 0.404 e. The van der Waals surface area contributed by atoms with Gasteiger partial charge in [0.05, 0.1) is 13.5 Å². The van der Waals surface area contributed by atoms with E-state index in [0.717, 1.165) is 4.88 Å². The molecule has 1 aromatic heterocycles. The van der Waals surface area contributed by atoms with Gasteiger partial charge in [-0.3, -0.25) is 14.5 Å². The lowest BCUT2D eigenvalue weighted by Crippen LogP contribution is -2.80. The first-order valence-corrected chi connectivity index (χ1v) is 13.0. The molecule has 3 heterocycles. The molecule has 0 aliphatic carbocycles. The van der Waals surface area contributed by atoms with Gasteiger partial charge in [0.2, 0.25) is 5.91 Å². The fourth-order valence-electron chi connectivity index (χ4n) is 3.96. The highest BCUT2D eigenvalue weighted by molar-refractivity contribution is 8.00. The third-order valence-corrected chi connectivity index (χ3v) is 8.03.